The van der Waals surface area contributed by atoms with E-state index in [0.717, 1.165) is 6.54 Å². The van der Waals surface area contributed by atoms with Gasteiger partial charge < -0.3 is 9.74 Å². The van der Waals surface area contributed by atoms with Crippen LogP contribution in [0.1, 0.15) is 19.3 Å². The topological polar surface area (TPSA) is 7.60 Å². The number of nitrogens with zero attached hydrogens (tertiary/aromatic N) is 2. The number of piperidine rings is 3. The lowest BCUT2D eigenvalue weighted by Crippen LogP contribution is -2.49. The lowest BCUT2D eigenvalue weighted by molar-refractivity contribution is 0.0383. The Balaban J connectivity index is 2.07. The van der Waals surface area contributed by atoms with Crippen LogP contribution in [-0.2, 0) is 0 Å². The molecular weight excluding hydrogens is 136 g/mol. The highest BCUT2D eigenvalue weighted by Gasteiger charge is 2.41. The molecule has 0 N–H and O–H groups in total. The normalized spacial score (nSPS) is 41.9. The van der Waals surface area contributed by atoms with Crippen LogP contribution in [0, 0.1) is 12.0 Å². The van der Waals surface area contributed by atoms with Gasteiger partial charge >= 0.3 is 0 Å². The summed E-state index contributed by atoms with van der Waals surface area (Å²) in [7, 11) is 0. The summed E-state index contributed by atoms with van der Waals surface area (Å²) < 4.78 is 0. The molecule has 3 heterocycles. The van der Waals surface area contributed by atoms with Crippen molar-refractivity contribution in [1.82, 2.24) is 4.90 Å². The van der Waals surface area contributed by atoms with Gasteiger partial charge in [-0.1, -0.05) is 0 Å². The van der Waals surface area contributed by atoms with Crippen LogP contribution in [0.15, 0.2) is 0 Å². The molecule has 2 nitrogen and oxygen atoms in total. The highest BCUT2D eigenvalue weighted by atomic mass is 15.1. The number of rotatable bonds is 1. The second-order valence-corrected chi connectivity index (χ2v) is 3.91. The van der Waals surface area contributed by atoms with Gasteiger partial charge in [0.25, 0.3) is 0 Å². The second-order valence-electron chi connectivity index (χ2n) is 3.91. The Labute approximate surface area is 68.0 Å². The molecule has 2 heteroatoms. The molecule has 0 unspecified atom stereocenters. The van der Waals surface area contributed by atoms with Crippen molar-refractivity contribution in [2.75, 3.05) is 26.2 Å². The highest BCUT2D eigenvalue weighted by Crippen LogP contribution is 2.39. The van der Waals surface area contributed by atoms with Gasteiger partial charge in [-0.2, -0.15) is 0 Å². The molecule has 0 aromatic rings. The van der Waals surface area contributed by atoms with E-state index in [9.17, 15) is 0 Å². The van der Waals surface area contributed by atoms with Crippen LogP contribution in [-0.4, -0.2) is 31.1 Å². The second kappa shape index (κ2) is 2.49. The van der Waals surface area contributed by atoms with Crippen LogP contribution < -0.4 is 0 Å². The Bertz CT molecular complexity index is 170. The van der Waals surface area contributed by atoms with E-state index in [-0.39, 0.29) is 0 Å². The standard InChI is InChI=1S/C9H14N2/c1-10-8-9-2-5-11(6-3-9)7-4-9/h2-8H2. The summed E-state index contributed by atoms with van der Waals surface area (Å²) in [6.07, 6.45) is 3.82. The Morgan fingerprint density at radius 1 is 1.18 bits per heavy atom. The van der Waals surface area contributed by atoms with Gasteiger partial charge in [-0.15, -0.1) is 0 Å². The van der Waals surface area contributed by atoms with E-state index in [4.69, 9.17) is 6.57 Å². The molecule has 3 fully saturated rings. The molecule has 3 aliphatic rings. The van der Waals surface area contributed by atoms with Gasteiger partial charge in [0.2, 0.25) is 6.54 Å². The fraction of sp³-hybridized carbons (Fsp3) is 0.889. The maximum absolute atomic E-state index is 6.90. The van der Waals surface area contributed by atoms with Gasteiger partial charge in [-0.3, -0.25) is 0 Å². The van der Waals surface area contributed by atoms with Gasteiger partial charge in [0.15, 0.2) is 0 Å². The first-order valence-corrected chi connectivity index (χ1v) is 4.40. The van der Waals surface area contributed by atoms with Crippen molar-refractivity contribution in [3.05, 3.63) is 11.4 Å². The minimum atomic E-state index is 0.441. The van der Waals surface area contributed by atoms with Gasteiger partial charge in [0.1, 0.15) is 0 Å². The lowest BCUT2D eigenvalue weighted by atomic mass is 9.72. The Morgan fingerprint density at radius 3 is 2.18 bits per heavy atom. The van der Waals surface area contributed by atoms with Crippen LogP contribution in [0.4, 0.5) is 0 Å². The van der Waals surface area contributed by atoms with Crippen molar-refractivity contribution < 1.29 is 0 Å². The van der Waals surface area contributed by atoms with Gasteiger partial charge in [0.05, 0.1) is 0 Å². The molecular formula is C9H14N2. The third kappa shape index (κ3) is 1.14. The van der Waals surface area contributed by atoms with E-state index in [1.54, 1.807) is 0 Å². The van der Waals surface area contributed by atoms with Gasteiger partial charge in [-0.25, -0.2) is 6.57 Å². The van der Waals surface area contributed by atoms with E-state index in [1.807, 2.05) is 0 Å². The smallest absolute Gasteiger partial charge is 0.220 e. The van der Waals surface area contributed by atoms with Crippen molar-refractivity contribution in [1.29, 1.82) is 0 Å². The zero-order chi connectivity index (χ0) is 7.73. The van der Waals surface area contributed by atoms with Gasteiger partial charge in [-0.05, 0) is 38.9 Å². The third-order valence-electron chi connectivity index (χ3n) is 3.29. The first kappa shape index (κ1) is 7.12. The molecule has 0 amide bonds. The summed E-state index contributed by atoms with van der Waals surface area (Å²) in [5, 5.41) is 0. The fourth-order valence-corrected chi connectivity index (χ4v) is 2.30. The average molecular weight is 150 g/mol. The summed E-state index contributed by atoms with van der Waals surface area (Å²) in [5.41, 5.74) is 0.441. The molecule has 3 rings (SSSR count). The third-order valence-corrected chi connectivity index (χ3v) is 3.29. The molecule has 3 aliphatic heterocycles. The SMILES string of the molecule is [C-]#[N+]CC12CCN(CC1)CC2. The first-order valence-electron chi connectivity index (χ1n) is 4.40. The molecule has 2 bridgehead atoms. The van der Waals surface area contributed by atoms with Crippen LogP contribution in [0.25, 0.3) is 4.85 Å². The molecule has 0 radical (unpaired) electrons. The zero-order valence-corrected chi connectivity index (χ0v) is 6.84. The molecule has 60 valence electrons. The van der Waals surface area contributed by atoms with Crippen LogP contribution in [0.5, 0.6) is 0 Å². The zero-order valence-electron chi connectivity index (χ0n) is 6.84. The van der Waals surface area contributed by atoms with Crippen molar-refractivity contribution in [3.63, 3.8) is 0 Å². The van der Waals surface area contributed by atoms with E-state index >= 15 is 0 Å². The summed E-state index contributed by atoms with van der Waals surface area (Å²) in [6, 6.07) is 0. The molecule has 0 saturated carbocycles. The number of fused-ring (bicyclic) bond motifs is 3. The molecule has 0 aliphatic carbocycles. The molecule has 0 aromatic heterocycles. The predicted octanol–water partition coefficient (Wildman–Crippen LogP) is 1.39. The highest BCUT2D eigenvalue weighted by molar-refractivity contribution is 4.95. The van der Waals surface area contributed by atoms with Crippen molar-refractivity contribution in [3.8, 4) is 0 Å². The van der Waals surface area contributed by atoms with Crippen molar-refractivity contribution in [2.45, 2.75) is 19.3 Å². The van der Waals surface area contributed by atoms with E-state index in [0.29, 0.717) is 5.41 Å². The minimum absolute atomic E-state index is 0.441. The largest absolute Gasteiger partial charge is 0.316 e. The molecule has 0 atom stereocenters. The Kier molecular flexibility index (Phi) is 1.61. The summed E-state index contributed by atoms with van der Waals surface area (Å²) in [5.74, 6) is 0. The first-order chi connectivity index (χ1) is 5.35. The summed E-state index contributed by atoms with van der Waals surface area (Å²) in [4.78, 5) is 6.08. The minimum Gasteiger partial charge on any atom is -0.316 e. The maximum atomic E-state index is 6.90. The van der Waals surface area contributed by atoms with Crippen molar-refractivity contribution >= 4 is 0 Å². The molecule has 11 heavy (non-hydrogen) atoms. The number of hydrogen-bond acceptors (Lipinski definition) is 1. The van der Waals surface area contributed by atoms with E-state index < -0.39 is 0 Å². The van der Waals surface area contributed by atoms with Crippen LogP contribution in [0.3, 0.4) is 0 Å². The quantitative estimate of drug-likeness (QED) is 0.513. The van der Waals surface area contributed by atoms with Crippen LogP contribution in [0.2, 0.25) is 0 Å². The molecule has 0 spiro atoms. The van der Waals surface area contributed by atoms with E-state index in [2.05, 4.69) is 9.74 Å². The monoisotopic (exact) mass is 150 g/mol. The van der Waals surface area contributed by atoms with Crippen LogP contribution >= 0.6 is 0 Å². The predicted molar refractivity (Wildman–Crippen MR) is 44.2 cm³/mol. The van der Waals surface area contributed by atoms with E-state index in [1.165, 1.54) is 38.9 Å². The molecule has 3 saturated heterocycles. The maximum Gasteiger partial charge on any atom is 0.220 e. The lowest BCUT2D eigenvalue weighted by Gasteiger charge is -2.45. The molecule has 0 aromatic carbocycles. The fourth-order valence-electron chi connectivity index (χ4n) is 2.30. The summed E-state index contributed by atoms with van der Waals surface area (Å²) >= 11 is 0. The Hall–Kier alpha value is -0.550. The Morgan fingerprint density at radius 2 is 1.73 bits per heavy atom. The summed E-state index contributed by atoms with van der Waals surface area (Å²) in [6.45, 7) is 11.4. The van der Waals surface area contributed by atoms with Crippen molar-refractivity contribution in [2.24, 2.45) is 5.41 Å². The number of hydrogen-bond donors (Lipinski definition) is 0. The van der Waals surface area contributed by atoms with Gasteiger partial charge in [0, 0.05) is 5.41 Å². The average Bonchev–Trinajstić information content (AvgIpc) is 2.07.